The highest BCUT2D eigenvalue weighted by atomic mass is 79.9. The number of nitrogens with zero attached hydrogens (tertiary/aromatic N) is 1. The molecule has 0 atom stereocenters. The number of ether oxygens (including phenoxy) is 1. The second kappa shape index (κ2) is 10.2. The molecule has 0 saturated heterocycles. The second-order valence-electron chi connectivity index (χ2n) is 7.49. The number of benzene rings is 2. The monoisotopic (exact) mass is 473 g/mol. The zero-order valence-electron chi connectivity index (χ0n) is 17.3. The first-order valence-corrected chi connectivity index (χ1v) is 10.1. The SMILES string of the molecule is CCC(=O)Oc1ccc(Br)cc1C=NNC(=O)c1ccc(NC(=O)C(C)(C)C)cc1. The number of hydrogen-bond donors (Lipinski definition) is 2. The van der Waals surface area contributed by atoms with Crippen molar-refractivity contribution < 1.29 is 19.1 Å². The van der Waals surface area contributed by atoms with Gasteiger partial charge in [-0.05, 0) is 42.5 Å². The number of rotatable bonds is 6. The largest absolute Gasteiger partial charge is 0.426 e. The van der Waals surface area contributed by atoms with Crippen LogP contribution < -0.4 is 15.5 Å². The van der Waals surface area contributed by atoms with Crippen LogP contribution in [0.1, 0.15) is 50.0 Å². The maximum Gasteiger partial charge on any atom is 0.310 e. The molecule has 2 amide bonds. The van der Waals surface area contributed by atoms with Crippen LogP contribution in [0.25, 0.3) is 0 Å². The Morgan fingerprint density at radius 2 is 1.77 bits per heavy atom. The summed E-state index contributed by atoms with van der Waals surface area (Å²) in [5.74, 6) is -0.545. The zero-order valence-corrected chi connectivity index (χ0v) is 18.9. The van der Waals surface area contributed by atoms with Crippen LogP contribution in [0.2, 0.25) is 0 Å². The van der Waals surface area contributed by atoms with Crippen LogP contribution in [-0.2, 0) is 9.59 Å². The summed E-state index contributed by atoms with van der Waals surface area (Å²) in [5.41, 5.74) is 3.44. The van der Waals surface area contributed by atoms with Gasteiger partial charge in [-0.1, -0.05) is 43.6 Å². The maximum absolute atomic E-state index is 12.3. The lowest BCUT2D eigenvalue weighted by Crippen LogP contribution is -2.27. The lowest BCUT2D eigenvalue weighted by atomic mass is 9.95. The number of halogens is 1. The number of esters is 1. The number of amides is 2. The van der Waals surface area contributed by atoms with E-state index in [9.17, 15) is 14.4 Å². The van der Waals surface area contributed by atoms with Gasteiger partial charge in [-0.25, -0.2) is 5.43 Å². The van der Waals surface area contributed by atoms with Crippen LogP contribution in [-0.4, -0.2) is 24.0 Å². The molecule has 0 spiro atoms. The summed E-state index contributed by atoms with van der Waals surface area (Å²) in [6.45, 7) is 7.17. The Bertz CT molecular complexity index is 963. The van der Waals surface area contributed by atoms with E-state index >= 15 is 0 Å². The van der Waals surface area contributed by atoms with E-state index in [1.165, 1.54) is 6.21 Å². The highest BCUT2D eigenvalue weighted by Gasteiger charge is 2.21. The molecule has 0 heterocycles. The molecule has 0 unspecified atom stereocenters. The van der Waals surface area contributed by atoms with Crippen molar-refractivity contribution in [1.29, 1.82) is 0 Å². The summed E-state index contributed by atoms with van der Waals surface area (Å²) >= 11 is 3.35. The van der Waals surface area contributed by atoms with Crippen molar-refractivity contribution in [3.05, 3.63) is 58.1 Å². The molecule has 0 radical (unpaired) electrons. The topological polar surface area (TPSA) is 96.9 Å². The minimum Gasteiger partial charge on any atom is -0.426 e. The van der Waals surface area contributed by atoms with Crippen LogP contribution >= 0.6 is 15.9 Å². The number of carbonyl (C=O) groups excluding carboxylic acids is 3. The van der Waals surface area contributed by atoms with Gasteiger partial charge in [-0.15, -0.1) is 0 Å². The molecule has 8 heteroatoms. The van der Waals surface area contributed by atoms with Crippen LogP contribution in [0.15, 0.2) is 52.0 Å². The average Bonchev–Trinajstić information content (AvgIpc) is 2.69. The molecule has 158 valence electrons. The van der Waals surface area contributed by atoms with Crippen LogP contribution in [0.3, 0.4) is 0 Å². The Morgan fingerprint density at radius 3 is 2.37 bits per heavy atom. The van der Waals surface area contributed by atoms with Gasteiger partial charge in [0, 0.05) is 33.1 Å². The molecular weight excluding hydrogens is 450 g/mol. The Hall–Kier alpha value is -3.00. The summed E-state index contributed by atoms with van der Waals surface area (Å²) in [6.07, 6.45) is 1.65. The smallest absolute Gasteiger partial charge is 0.310 e. The molecule has 2 N–H and O–H groups in total. The summed E-state index contributed by atoms with van der Waals surface area (Å²) in [6, 6.07) is 11.6. The Kier molecular flexibility index (Phi) is 7.88. The van der Waals surface area contributed by atoms with Crippen molar-refractivity contribution in [3.8, 4) is 5.75 Å². The first-order valence-electron chi connectivity index (χ1n) is 9.35. The van der Waals surface area contributed by atoms with Crippen molar-refractivity contribution >= 4 is 45.6 Å². The molecule has 2 aromatic carbocycles. The number of hydrogen-bond acceptors (Lipinski definition) is 5. The minimum absolute atomic E-state index is 0.113. The van der Waals surface area contributed by atoms with E-state index in [1.807, 2.05) is 20.8 Å². The van der Waals surface area contributed by atoms with Gasteiger partial charge in [0.2, 0.25) is 5.91 Å². The molecule has 7 nitrogen and oxygen atoms in total. The standard InChI is InChI=1S/C22H24BrN3O4/c1-5-19(27)30-18-11-8-16(23)12-15(18)13-24-26-20(28)14-6-9-17(10-7-14)25-21(29)22(2,3)4/h6-13H,5H2,1-4H3,(H,25,29)(H,26,28). The third-order valence-electron chi connectivity index (χ3n) is 3.94. The summed E-state index contributed by atoms with van der Waals surface area (Å²) in [5, 5.41) is 6.75. The van der Waals surface area contributed by atoms with E-state index in [-0.39, 0.29) is 18.3 Å². The van der Waals surface area contributed by atoms with E-state index in [4.69, 9.17) is 4.74 Å². The number of anilines is 1. The Morgan fingerprint density at radius 1 is 1.10 bits per heavy atom. The Labute approximate surface area is 184 Å². The molecule has 2 aromatic rings. The Balaban J connectivity index is 2.04. The van der Waals surface area contributed by atoms with Gasteiger partial charge in [0.25, 0.3) is 5.91 Å². The van der Waals surface area contributed by atoms with Crippen molar-refractivity contribution in [1.82, 2.24) is 5.43 Å². The summed E-state index contributed by atoms with van der Waals surface area (Å²) in [7, 11) is 0. The molecule has 0 saturated carbocycles. The molecule has 0 aliphatic rings. The summed E-state index contributed by atoms with van der Waals surface area (Å²) < 4.78 is 6.04. The van der Waals surface area contributed by atoms with E-state index in [2.05, 4.69) is 31.8 Å². The predicted molar refractivity (Wildman–Crippen MR) is 120 cm³/mol. The van der Waals surface area contributed by atoms with Gasteiger partial charge >= 0.3 is 5.97 Å². The molecule has 0 fully saturated rings. The van der Waals surface area contributed by atoms with Gasteiger partial charge in [-0.3, -0.25) is 14.4 Å². The lowest BCUT2D eigenvalue weighted by molar-refractivity contribution is -0.134. The molecule has 0 aromatic heterocycles. The van der Waals surface area contributed by atoms with Crippen molar-refractivity contribution in [2.45, 2.75) is 34.1 Å². The fourth-order valence-corrected chi connectivity index (χ4v) is 2.54. The first-order chi connectivity index (χ1) is 14.1. The average molecular weight is 474 g/mol. The fraction of sp³-hybridized carbons (Fsp3) is 0.273. The fourth-order valence-electron chi connectivity index (χ4n) is 2.16. The first kappa shape index (κ1) is 23.3. The van der Waals surface area contributed by atoms with Crippen LogP contribution in [0.4, 0.5) is 5.69 Å². The second-order valence-corrected chi connectivity index (χ2v) is 8.41. The third kappa shape index (κ3) is 6.81. The van der Waals surface area contributed by atoms with E-state index < -0.39 is 11.3 Å². The van der Waals surface area contributed by atoms with Crippen molar-refractivity contribution in [3.63, 3.8) is 0 Å². The molecule has 30 heavy (non-hydrogen) atoms. The zero-order chi connectivity index (χ0) is 22.3. The van der Waals surface area contributed by atoms with Gasteiger partial charge in [0.15, 0.2) is 0 Å². The van der Waals surface area contributed by atoms with E-state index in [1.54, 1.807) is 49.4 Å². The normalized spacial score (nSPS) is 11.2. The molecular formula is C22H24BrN3O4. The van der Waals surface area contributed by atoms with Gasteiger partial charge in [0.1, 0.15) is 5.75 Å². The van der Waals surface area contributed by atoms with E-state index in [0.717, 1.165) is 4.47 Å². The van der Waals surface area contributed by atoms with Crippen molar-refractivity contribution in [2.75, 3.05) is 5.32 Å². The number of hydrazone groups is 1. The van der Waals surface area contributed by atoms with E-state index in [0.29, 0.717) is 22.6 Å². The van der Waals surface area contributed by atoms with Crippen molar-refractivity contribution in [2.24, 2.45) is 10.5 Å². The van der Waals surface area contributed by atoms with Crippen LogP contribution in [0, 0.1) is 5.41 Å². The molecule has 2 rings (SSSR count). The molecule has 0 aliphatic carbocycles. The van der Waals surface area contributed by atoms with Crippen LogP contribution in [0.5, 0.6) is 5.75 Å². The highest BCUT2D eigenvalue weighted by Crippen LogP contribution is 2.22. The third-order valence-corrected chi connectivity index (χ3v) is 4.43. The number of nitrogens with one attached hydrogen (secondary N) is 2. The quantitative estimate of drug-likeness (QED) is 0.279. The predicted octanol–water partition coefficient (Wildman–Crippen LogP) is 4.51. The lowest BCUT2D eigenvalue weighted by Gasteiger charge is -2.17. The highest BCUT2D eigenvalue weighted by molar-refractivity contribution is 9.10. The van der Waals surface area contributed by atoms with Gasteiger partial charge < -0.3 is 10.1 Å². The maximum atomic E-state index is 12.3. The molecule has 0 bridgehead atoms. The summed E-state index contributed by atoms with van der Waals surface area (Å²) in [4.78, 5) is 35.9. The molecule has 0 aliphatic heterocycles. The number of carbonyl (C=O) groups is 3. The van der Waals surface area contributed by atoms with Gasteiger partial charge in [-0.2, -0.15) is 5.10 Å². The minimum atomic E-state index is -0.512. The van der Waals surface area contributed by atoms with Gasteiger partial charge in [0.05, 0.1) is 6.21 Å².